The molecule has 2 heterocycles. The summed E-state index contributed by atoms with van der Waals surface area (Å²) in [5.41, 5.74) is 10.5. The van der Waals surface area contributed by atoms with Crippen molar-refractivity contribution in [3.63, 3.8) is 0 Å². The SMILES string of the molecule is C[C@@H]1CC(NC(N)C(F)C(N)N2CC(F)(C3CC3)C2)N1. The van der Waals surface area contributed by atoms with Crippen LogP contribution in [0.1, 0.15) is 26.2 Å². The van der Waals surface area contributed by atoms with E-state index in [1.165, 1.54) is 0 Å². The molecule has 0 spiro atoms. The number of hydrogen-bond donors (Lipinski definition) is 4. The van der Waals surface area contributed by atoms with E-state index >= 15 is 0 Å². The Morgan fingerprint density at radius 2 is 1.95 bits per heavy atom. The first-order valence-electron chi connectivity index (χ1n) is 7.49. The zero-order valence-electron chi connectivity index (χ0n) is 11.9. The minimum absolute atomic E-state index is 0.0496. The third-order valence-electron chi connectivity index (χ3n) is 4.80. The van der Waals surface area contributed by atoms with Crippen LogP contribution in [0.5, 0.6) is 0 Å². The molecule has 116 valence electrons. The molecule has 3 fully saturated rings. The van der Waals surface area contributed by atoms with Crippen LogP contribution in [0.2, 0.25) is 0 Å². The third kappa shape index (κ3) is 2.69. The number of nitrogens with one attached hydrogen (secondary N) is 2. The van der Waals surface area contributed by atoms with Crippen molar-refractivity contribution in [1.82, 2.24) is 15.5 Å². The van der Waals surface area contributed by atoms with Gasteiger partial charge in [0.05, 0.1) is 18.5 Å². The van der Waals surface area contributed by atoms with E-state index in [4.69, 9.17) is 11.5 Å². The number of nitrogens with two attached hydrogens (primary N) is 2. The first-order chi connectivity index (χ1) is 9.39. The molecule has 2 aliphatic heterocycles. The molecule has 3 rings (SSSR count). The van der Waals surface area contributed by atoms with Crippen LogP contribution in [0, 0.1) is 5.92 Å². The maximum absolute atomic E-state index is 14.2. The monoisotopic (exact) mass is 289 g/mol. The van der Waals surface area contributed by atoms with Gasteiger partial charge in [-0.05, 0) is 32.1 Å². The average Bonchev–Trinajstić information content (AvgIpc) is 3.15. The molecule has 2 saturated heterocycles. The quantitative estimate of drug-likeness (QED) is 0.502. The zero-order valence-corrected chi connectivity index (χ0v) is 11.9. The van der Waals surface area contributed by atoms with Crippen molar-refractivity contribution < 1.29 is 8.78 Å². The van der Waals surface area contributed by atoms with Crippen LogP contribution in [0.25, 0.3) is 0 Å². The molecule has 6 N–H and O–H groups in total. The Kier molecular flexibility index (Phi) is 3.75. The maximum atomic E-state index is 14.2. The molecule has 3 aliphatic rings. The Morgan fingerprint density at radius 3 is 2.45 bits per heavy atom. The number of hydrogen-bond acceptors (Lipinski definition) is 5. The molecule has 0 aromatic carbocycles. The molecule has 7 heteroatoms. The average molecular weight is 289 g/mol. The van der Waals surface area contributed by atoms with E-state index in [1.54, 1.807) is 4.90 Å². The van der Waals surface area contributed by atoms with Crippen molar-refractivity contribution >= 4 is 0 Å². The van der Waals surface area contributed by atoms with Crippen LogP contribution in [-0.4, -0.2) is 54.4 Å². The van der Waals surface area contributed by atoms with Crippen LogP contribution in [0.3, 0.4) is 0 Å². The summed E-state index contributed by atoms with van der Waals surface area (Å²) in [6, 6.07) is 0.438. The van der Waals surface area contributed by atoms with Gasteiger partial charge in [0, 0.05) is 19.1 Å². The second kappa shape index (κ2) is 5.14. The predicted octanol–water partition coefficient (Wildman–Crippen LogP) is -0.374. The standard InChI is InChI=1S/C13H25F2N5/c1-7-4-9(18-7)19-11(16)10(14)12(17)20-5-13(15,6-20)8-2-3-8/h7-12,18-19H,2-6,16-17H2,1H3/t7-,9?,10?,11?,12?/m1/s1. The van der Waals surface area contributed by atoms with E-state index in [-0.39, 0.29) is 25.2 Å². The van der Waals surface area contributed by atoms with Gasteiger partial charge in [0.15, 0.2) is 6.17 Å². The van der Waals surface area contributed by atoms with Gasteiger partial charge >= 0.3 is 0 Å². The molecule has 5 atom stereocenters. The molecule has 0 radical (unpaired) electrons. The fourth-order valence-corrected chi connectivity index (χ4v) is 3.23. The van der Waals surface area contributed by atoms with Gasteiger partial charge in [-0.15, -0.1) is 0 Å². The van der Waals surface area contributed by atoms with Gasteiger partial charge in [-0.3, -0.25) is 15.5 Å². The van der Waals surface area contributed by atoms with E-state index < -0.39 is 24.2 Å². The first-order valence-corrected chi connectivity index (χ1v) is 7.49. The minimum atomic E-state index is -1.41. The second-order valence-electron chi connectivity index (χ2n) is 6.70. The highest BCUT2D eigenvalue weighted by Crippen LogP contribution is 2.47. The lowest BCUT2D eigenvalue weighted by atomic mass is 9.89. The maximum Gasteiger partial charge on any atom is 0.156 e. The van der Waals surface area contributed by atoms with Gasteiger partial charge in [-0.2, -0.15) is 0 Å². The summed E-state index contributed by atoms with van der Waals surface area (Å²) in [5, 5.41) is 6.17. The summed E-state index contributed by atoms with van der Waals surface area (Å²) in [6.45, 7) is 2.54. The summed E-state index contributed by atoms with van der Waals surface area (Å²) >= 11 is 0. The molecule has 0 aromatic rings. The molecule has 1 saturated carbocycles. The summed E-state index contributed by atoms with van der Waals surface area (Å²) in [6.07, 6.45) is -0.196. The van der Waals surface area contributed by atoms with E-state index in [2.05, 4.69) is 17.6 Å². The smallest absolute Gasteiger partial charge is 0.156 e. The van der Waals surface area contributed by atoms with Crippen molar-refractivity contribution in [1.29, 1.82) is 0 Å². The molecule has 0 bridgehead atoms. The summed E-state index contributed by atoms with van der Waals surface area (Å²) in [7, 11) is 0. The molecular weight excluding hydrogens is 264 g/mol. The minimum Gasteiger partial charge on any atom is -0.313 e. The normalized spacial score (nSPS) is 37.6. The van der Waals surface area contributed by atoms with Gasteiger partial charge in [0.25, 0.3) is 0 Å². The lowest BCUT2D eigenvalue weighted by molar-refractivity contribution is -0.0895. The van der Waals surface area contributed by atoms with Crippen molar-refractivity contribution in [3.8, 4) is 0 Å². The molecule has 4 unspecified atom stereocenters. The zero-order chi connectivity index (χ0) is 14.5. The van der Waals surface area contributed by atoms with E-state index in [0.29, 0.717) is 6.04 Å². The molecule has 20 heavy (non-hydrogen) atoms. The summed E-state index contributed by atoms with van der Waals surface area (Å²) in [4.78, 5) is 1.65. The number of alkyl halides is 2. The van der Waals surface area contributed by atoms with E-state index in [9.17, 15) is 8.78 Å². The molecular formula is C13H25F2N5. The van der Waals surface area contributed by atoms with Crippen LogP contribution in [0.4, 0.5) is 8.78 Å². The topological polar surface area (TPSA) is 79.3 Å². The number of likely N-dealkylation sites (tertiary alicyclic amines) is 1. The van der Waals surface area contributed by atoms with Crippen LogP contribution in [-0.2, 0) is 0 Å². The summed E-state index contributed by atoms with van der Waals surface area (Å²) < 4.78 is 28.5. The fraction of sp³-hybridized carbons (Fsp3) is 1.00. The Balaban J connectivity index is 1.43. The predicted molar refractivity (Wildman–Crippen MR) is 73.1 cm³/mol. The first kappa shape index (κ1) is 14.6. The van der Waals surface area contributed by atoms with E-state index in [1.807, 2.05) is 0 Å². The Labute approximate surface area is 118 Å². The highest BCUT2D eigenvalue weighted by atomic mass is 19.1. The molecule has 1 aliphatic carbocycles. The largest absolute Gasteiger partial charge is 0.313 e. The summed E-state index contributed by atoms with van der Waals surface area (Å²) in [5.74, 6) is 0.163. The van der Waals surface area contributed by atoms with Crippen LogP contribution in [0.15, 0.2) is 0 Å². The van der Waals surface area contributed by atoms with Gasteiger partial charge in [0.1, 0.15) is 5.67 Å². The lowest BCUT2D eigenvalue weighted by Crippen LogP contribution is -2.71. The van der Waals surface area contributed by atoms with Gasteiger partial charge in [-0.1, -0.05) is 0 Å². The number of nitrogens with zero attached hydrogens (tertiary/aromatic N) is 1. The van der Waals surface area contributed by atoms with Gasteiger partial charge < -0.3 is 11.5 Å². The highest BCUT2D eigenvalue weighted by molar-refractivity contribution is 5.07. The molecule has 0 amide bonds. The fourth-order valence-electron chi connectivity index (χ4n) is 3.23. The van der Waals surface area contributed by atoms with E-state index in [0.717, 1.165) is 19.3 Å². The Bertz CT molecular complexity index is 353. The lowest BCUT2D eigenvalue weighted by Gasteiger charge is -2.49. The van der Waals surface area contributed by atoms with Crippen LogP contribution < -0.4 is 22.1 Å². The number of halogens is 2. The van der Waals surface area contributed by atoms with Gasteiger partial charge in [0.2, 0.25) is 0 Å². The van der Waals surface area contributed by atoms with Crippen molar-refractivity contribution in [3.05, 3.63) is 0 Å². The molecule has 0 aromatic heterocycles. The second-order valence-corrected chi connectivity index (χ2v) is 6.70. The Hall–Kier alpha value is -0.340. The highest BCUT2D eigenvalue weighted by Gasteiger charge is 2.56. The Morgan fingerprint density at radius 1 is 1.35 bits per heavy atom. The van der Waals surface area contributed by atoms with Crippen molar-refractivity contribution in [2.45, 2.75) is 62.6 Å². The third-order valence-corrected chi connectivity index (χ3v) is 4.80. The van der Waals surface area contributed by atoms with Crippen molar-refractivity contribution in [2.75, 3.05) is 13.1 Å². The molecule has 5 nitrogen and oxygen atoms in total. The van der Waals surface area contributed by atoms with Crippen molar-refractivity contribution in [2.24, 2.45) is 17.4 Å². The van der Waals surface area contributed by atoms with Gasteiger partial charge in [-0.25, -0.2) is 8.78 Å². The number of rotatable bonds is 6. The van der Waals surface area contributed by atoms with Crippen LogP contribution >= 0.6 is 0 Å².